The van der Waals surface area contributed by atoms with Gasteiger partial charge in [-0.25, -0.2) is 4.98 Å². The molecule has 4 nitrogen and oxygen atoms in total. The molecular formula is C13H23N3O. The number of nitrogens with one attached hydrogen (secondary N) is 1. The van der Waals surface area contributed by atoms with Crippen LogP contribution in [0.4, 0.5) is 0 Å². The summed E-state index contributed by atoms with van der Waals surface area (Å²) in [6.45, 7) is 10.3. The summed E-state index contributed by atoms with van der Waals surface area (Å²) in [5.74, 6) is 0.205. The SMILES string of the molecule is CC(=O)CC(c1cnc[nH]1)N(C(C)C)C(C)C. The highest BCUT2D eigenvalue weighted by atomic mass is 16.1. The Hall–Kier alpha value is -1.16. The molecule has 1 atom stereocenters. The minimum atomic E-state index is 0.0926. The number of nitrogens with zero attached hydrogens (tertiary/aromatic N) is 2. The van der Waals surface area contributed by atoms with Crippen LogP contribution in [0.2, 0.25) is 0 Å². The fourth-order valence-corrected chi connectivity index (χ4v) is 2.41. The molecule has 1 heterocycles. The number of aromatic amines is 1. The van der Waals surface area contributed by atoms with E-state index in [1.54, 1.807) is 13.3 Å². The van der Waals surface area contributed by atoms with Crippen molar-refractivity contribution in [2.75, 3.05) is 0 Å². The van der Waals surface area contributed by atoms with Crippen LogP contribution in [0, 0.1) is 0 Å². The van der Waals surface area contributed by atoms with Crippen LogP contribution in [0.5, 0.6) is 0 Å². The highest BCUT2D eigenvalue weighted by molar-refractivity contribution is 5.76. The Kier molecular flexibility index (Phi) is 4.87. The van der Waals surface area contributed by atoms with Gasteiger partial charge in [0.05, 0.1) is 18.1 Å². The van der Waals surface area contributed by atoms with Crippen molar-refractivity contribution >= 4 is 5.78 Å². The van der Waals surface area contributed by atoms with Crippen LogP contribution in [-0.2, 0) is 4.79 Å². The summed E-state index contributed by atoms with van der Waals surface area (Å²) in [6.07, 6.45) is 4.01. The normalized spacial score (nSPS) is 13.6. The number of carbonyl (C=O) groups excluding carboxylic acids is 1. The summed E-state index contributed by atoms with van der Waals surface area (Å²) < 4.78 is 0. The third kappa shape index (κ3) is 3.66. The lowest BCUT2D eigenvalue weighted by Gasteiger charge is -2.37. The number of hydrogen-bond acceptors (Lipinski definition) is 3. The van der Waals surface area contributed by atoms with Crippen molar-refractivity contribution in [1.29, 1.82) is 0 Å². The zero-order valence-corrected chi connectivity index (χ0v) is 11.4. The van der Waals surface area contributed by atoms with Crippen LogP contribution in [0.3, 0.4) is 0 Å². The Balaban J connectivity index is 2.99. The fraction of sp³-hybridized carbons (Fsp3) is 0.692. The molecule has 0 saturated carbocycles. The van der Waals surface area contributed by atoms with Gasteiger partial charge in [-0.1, -0.05) is 0 Å². The summed E-state index contributed by atoms with van der Waals surface area (Å²) in [4.78, 5) is 21.0. The first-order valence-corrected chi connectivity index (χ1v) is 6.18. The smallest absolute Gasteiger partial charge is 0.131 e. The van der Waals surface area contributed by atoms with Crippen LogP contribution in [-0.4, -0.2) is 32.7 Å². The lowest BCUT2D eigenvalue weighted by atomic mass is 10.0. The third-order valence-electron chi connectivity index (χ3n) is 2.91. The van der Waals surface area contributed by atoms with Crippen LogP contribution >= 0.6 is 0 Å². The summed E-state index contributed by atoms with van der Waals surface area (Å²) in [5.41, 5.74) is 1.02. The molecule has 0 amide bonds. The van der Waals surface area contributed by atoms with E-state index >= 15 is 0 Å². The topological polar surface area (TPSA) is 49.0 Å². The van der Waals surface area contributed by atoms with Crippen molar-refractivity contribution in [2.45, 2.75) is 59.2 Å². The van der Waals surface area contributed by atoms with Gasteiger partial charge in [-0.15, -0.1) is 0 Å². The van der Waals surface area contributed by atoms with Crippen molar-refractivity contribution in [3.63, 3.8) is 0 Å². The number of ketones is 1. The molecule has 0 radical (unpaired) electrons. The largest absolute Gasteiger partial charge is 0.347 e. The van der Waals surface area contributed by atoms with E-state index in [1.165, 1.54) is 0 Å². The minimum absolute atomic E-state index is 0.0926. The summed E-state index contributed by atoms with van der Waals surface area (Å²) in [6, 6.07) is 0.875. The molecule has 0 aliphatic heterocycles. The average Bonchev–Trinajstić information content (AvgIpc) is 2.66. The molecule has 1 N–H and O–H groups in total. The second kappa shape index (κ2) is 5.96. The van der Waals surface area contributed by atoms with Gasteiger partial charge in [0, 0.05) is 24.7 Å². The maximum atomic E-state index is 11.4. The van der Waals surface area contributed by atoms with Crippen molar-refractivity contribution in [1.82, 2.24) is 14.9 Å². The van der Waals surface area contributed by atoms with Gasteiger partial charge in [0.15, 0.2) is 0 Å². The zero-order chi connectivity index (χ0) is 13.0. The van der Waals surface area contributed by atoms with E-state index in [2.05, 4.69) is 42.6 Å². The molecular weight excluding hydrogens is 214 g/mol. The predicted molar refractivity (Wildman–Crippen MR) is 68.7 cm³/mol. The number of imidazole rings is 1. The molecule has 0 aliphatic rings. The Labute approximate surface area is 103 Å². The summed E-state index contributed by atoms with van der Waals surface area (Å²) in [7, 11) is 0. The first-order valence-electron chi connectivity index (χ1n) is 6.18. The Morgan fingerprint density at radius 1 is 1.35 bits per heavy atom. The summed E-state index contributed by atoms with van der Waals surface area (Å²) in [5, 5.41) is 0. The van der Waals surface area contributed by atoms with Crippen molar-refractivity contribution in [3.05, 3.63) is 18.2 Å². The maximum Gasteiger partial charge on any atom is 0.131 e. The van der Waals surface area contributed by atoms with Crippen molar-refractivity contribution in [2.24, 2.45) is 0 Å². The number of aromatic nitrogens is 2. The van der Waals surface area contributed by atoms with E-state index < -0.39 is 0 Å². The third-order valence-corrected chi connectivity index (χ3v) is 2.91. The lowest BCUT2D eigenvalue weighted by Crippen LogP contribution is -2.41. The molecule has 0 spiro atoms. The van der Waals surface area contributed by atoms with Gasteiger partial charge in [-0.05, 0) is 34.6 Å². The Morgan fingerprint density at radius 2 is 1.94 bits per heavy atom. The van der Waals surface area contributed by atoms with E-state index in [0.29, 0.717) is 18.5 Å². The molecule has 1 rings (SSSR count). The van der Waals surface area contributed by atoms with Gasteiger partial charge in [-0.2, -0.15) is 0 Å². The quantitative estimate of drug-likeness (QED) is 0.827. The molecule has 1 aromatic heterocycles. The molecule has 0 aliphatic carbocycles. The number of rotatable bonds is 6. The van der Waals surface area contributed by atoms with Crippen molar-refractivity contribution < 1.29 is 4.79 Å². The molecule has 1 unspecified atom stereocenters. The average molecular weight is 237 g/mol. The molecule has 17 heavy (non-hydrogen) atoms. The minimum Gasteiger partial charge on any atom is -0.347 e. The summed E-state index contributed by atoms with van der Waals surface area (Å²) >= 11 is 0. The van der Waals surface area contributed by atoms with Crippen LogP contribution < -0.4 is 0 Å². The van der Waals surface area contributed by atoms with E-state index in [1.807, 2.05) is 6.20 Å². The van der Waals surface area contributed by atoms with Crippen LogP contribution in [0.15, 0.2) is 12.5 Å². The number of H-pyrrole nitrogens is 1. The molecule has 96 valence electrons. The number of Topliss-reactive ketones (excluding diaryl/α,β-unsaturated/α-hetero) is 1. The second-order valence-corrected chi connectivity index (χ2v) is 5.06. The highest BCUT2D eigenvalue weighted by Gasteiger charge is 2.27. The van der Waals surface area contributed by atoms with E-state index in [-0.39, 0.29) is 11.8 Å². The van der Waals surface area contributed by atoms with Gasteiger partial charge in [0.2, 0.25) is 0 Å². The highest BCUT2D eigenvalue weighted by Crippen LogP contribution is 2.27. The first kappa shape index (κ1) is 13.9. The second-order valence-electron chi connectivity index (χ2n) is 5.06. The molecule has 0 saturated heterocycles. The van der Waals surface area contributed by atoms with E-state index in [9.17, 15) is 4.79 Å². The first-order chi connectivity index (χ1) is 7.93. The van der Waals surface area contributed by atoms with Crippen LogP contribution in [0.1, 0.15) is 52.8 Å². The molecule has 4 heteroatoms. The lowest BCUT2D eigenvalue weighted by molar-refractivity contribution is -0.118. The molecule has 0 fully saturated rings. The van der Waals surface area contributed by atoms with Gasteiger partial charge in [0.25, 0.3) is 0 Å². The Bertz CT molecular complexity index is 336. The fourth-order valence-electron chi connectivity index (χ4n) is 2.41. The number of carbonyl (C=O) groups is 1. The van der Waals surface area contributed by atoms with Gasteiger partial charge >= 0.3 is 0 Å². The van der Waals surface area contributed by atoms with Crippen LogP contribution in [0.25, 0.3) is 0 Å². The molecule has 0 bridgehead atoms. The van der Waals surface area contributed by atoms with Crippen molar-refractivity contribution in [3.8, 4) is 0 Å². The van der Waals surface area contributed by atoms with Gasteiger partial charge in [0.1, 0.15) is 5.78 Å². The van der Waals surface area contributed by atoms with Gasteiger partial charge < -0.3 is 4.98 Å². The monoisotopic (exact) mass is 237 g/mol. The molecule has 1 aromatic rings. The number of hydrogen-bond donors (Lipinski definition) is 1. The maximum absolute atomic E-state index is 11.4. The standard InChI is InChI=1S/C13H23N3O/c1-9(2)16(10(3)4)13(6-11(5)17)12-7-14-8-15-12/h7-10,13H,6H2,1-5H3,(H,14,15). The van der Waals surface area contributed by atoms with Gasteiger partial charge in [-0.3, -0.25) is 9.69 Å². The van der Waals surface area contributed by atoms with E-state index in [0.717, 1.165) is 5.69 Å². The Morgan fingerprint density at radius 3 is 2.29 bits per heavy atom. The zero-order valence-electron chi connectivity index (χ0n) is 11.4. The molecule has 0 aromatic carbocycles. The predicted octanol–water partition coefficient (Wildman–Crippen LogP) is 2.55. The van der Waals surface area contributed by atoms with E-state index in [4.69, 9.17) is 0 Å².